The number of hydrogen-bond acceptors (Lipinski definition) is 22. The van der Waals surface area contributed by atoms with E-state index in [0.29, 0.717) is 0 Å². The highest BCUT2D eigenvalue weighted by atomic mass is 16.8. The van der Waals surface area contributed by atoms with Crippen LogP contribution in [0.5, 0.6) is 28.7 Å². The summed E-state index contributed by atoms with van der Waals surface area (Å²) in [6, 6.07) is 34.3. The molecule has 0 aliphatic carbocycles. The fraction of sp³-hybridized carbons (Fsp3) is 0.327. The minimum absolute atomic E-state index is 0.0150. The molecule has 0 spiro atoms. The Hall–Kier alpha value is -9.57. The molecule has 2 saturated heterocycles. The summed E-state index contributed by atoms with van der Waals surface area (Å²) in [5.74, 6) is -2.63. The van der Waals surface area contributed by atoms with E-state index < -0.39 is 134 Å². The van der Waals surface area contributed by atoms with Gasteiger partial charge in [0.15, 0.2) is 72.9 Å². The summed E-state index contributed by atoms with van der Waals surface area (Å²) in [5.41, 5.74) is 1.99. The van der Waals surface area contributed by atoms with Crippen molar-refractivity contribution >= 4 is 42.5 Å². The Balaban J connectivity index is 1.20. The number of phenols is 1. The van der Waals surface area contributed by atoms with E-state index in [-0.39, 0.29) is 48.4 Å². The van der Waals surface area contributed by atoms with Crippen LogP contribution in [-0.4, -0.2) is 147 Å². The molecule has 6 N–H and O–H groups in total. The molecule has 27 nitrogen and oxygen atoms in total. The van der Waals surface area contributed by atoms with Crippen LogP contribution in [0.2, 0.25) is 0 Å². The van der Waals surface area contributed by atoms with E-state index in [9.17, 15) is 59.4 Å². The molecule has 12 atom stereocenters. The summed E-state index contributed by atoms with van der Waals surface area (Å²) >= 11 is 0. The molecule has 2 fully saturated rings. The maximum absolute atomic E-state index is 15.2. The minimum Gasteiger partial charge on any atom is -0.507 e. The largest absolute Gasteiger partial charge is 0.507 e. The Morgan fingerprint density at radius 3 is 1.56 bits per heavy atom. The molecule has 0 amide bonds. The van der Waals surface area contributed by atoms with Gasteiger partial charge in [-0.05, 0) is 41.3 Å². The number of fused-ring (bicyclic) bond motifs is 1. The topological polar surface area (TPSA) is 370 Å². The Kier molecular flexibility index (Phi) is 19.0. The van der Waals surface area contributed by atoms with Gasteiger partial charge in [0, 0.05) is 19.1 Å². The zero-order chi connectivity index (χ0) is 58.6. The molecule has 5 aromatic carbocycles. The number of rotatable bonds is 21. The quantitative estimate of drug-likeness (QED) is 0.0305. The number of Topliss-reactive ketones (excluding diaryl/α,β-unsaturated/α-hetero) is 1. The van der Waals surface area contributed by atoms with Crippen molar-refractivity contribution in [3.05, 3.63) is 149 Å². The number of carbonyl (C=O) groups is 7. The maximum atomic E-state index is 15.2. The van der Waals surface area contributed by atoms with Crippen LogP contribution in [-0.2, 0) is 72.0 Å². The molecule has 0 saturated carbocycles. The van der Waals surface area contributed by atoms with Crippen LogP contribution in [0.1, 0.15) is 52.6 Å². The van der Waals surface area contributed by atoms with Crippen LogP contribution in [0.3, 0.4) is 0 Å². The van der Waals surface area contributed by atoms with Gasteiger partial charge in [0.2, 0.25) is 5.78 Å². The summed E-state index contributed by atoms with van der Waals surface area (Å²) in [7, 11) is 0. The smallest absolute Gasteiger partial charge is 0.506 e. The van der Waals surface area contributed by atoms with Gasteiger partial charge in [0.25, 0.3) is 0 Å². The highest BCUT2D eigenvalue weighted by Crippen LogP contribution is 2.46. The average molecular weight is 1140 g/mol. The number of ether oxygens (including phenoxy) is 14. The van der Waals surface area contributed by atoms with Crippen LogP contribution in [0.4, 0.5) is 24.0 Å². The highest BCUT2D eigenvalue weighted by molar-refractivity contribution is 6.06. The lowest BCUT2D eigenvalue weighted by molar-refractivity contribution is -0.334. The number of phenolic OH excluding ortho intramolecular Hbond substituents is 1. The second-order valence-electron chi connectivity index (χ2n) is 18.2. The number of carbonyl (C=O) groups excluding carboxylic acids is 2. The van der Waals surface area contributed by atoms with Gasteiger partial charge in [-0.25, -0.2) is 24.0 Å². The molecule has 3 aliphatic heterocycles. The first-order valence-electron chi connectivity index (χ1n) is 24.8. The molecular formula is C55H52O27. The molecule has 6 unspecified atom stereocenters. The van der Waals surface area contributed by atoms with Crippen LogP contribution < -0.4 is 18.9 Å². The van der Waals surface area contributed by atoms with Crippen molar-refractivity contribution in [1.29, 1.82) is 0 Å². The Bertz CT molecular complexity index is 3070. The van der Waals surface area contributed by atoms with Gasteiger partial charge >= 0.3 is 36.7 Å². The summed E-state index contributed by atoms with van der Waals surface area (Å²) < 4.78 is 79.5. The fourth-order valence-electron chi connectivity index (χ4n) is 9.16. The average Bonchev–Trinajstić information content (AvgIpc) is 3.60. The van der Waals surface area contributed by atoms with Gasteiger partial charge in [-0.1, -0.05) is 97.1 Å². The maximum Gasteiger partial charge on any atom is 0.506 e. The third kappa shape index (κ3) is 14.8. The van der Waals surface area contributed by atoms with Gasteiger partial charge in [-0.2, -0.15) is 0 Å². The van der Waals surface area contributed by atoms with Crippen molar-refractivity contribution in [3.63, 3.8) is 0 Å². The van der Waals surface area contributed by atoms with Gasteiger partial charge in [0.05, 0.1) is 12.7 Å². The molecule has 0 bridgehead atoms. The summed E-state index contributed by atoms with van der Waals surface area (Å²) in [4.78, 5) is 88.5. The highest BCUT2D eigenvalue weighted by Gasteiger charge is 2.57. The third-order valence-corrected chi connectivity index (χ3v) is 12.6. The molecule has 3 aliphatic rings. The van der Waals surface area contributed by atoms with Crippen LogP contribution in [0.25, 0.3) is 0 Å². The SMILES string of the molecule is CC(=O)OC1[C@H](OC2C(=O)c3c(O)cc(OCc4ccccc4)cc3OC2c2ccc(OCc3ccccc3)c(OCc3ccccc3)c2)O[C@H](CO[C@H]2OC(C)C(OC(=O)O)[C@@H](OC(=O)O)[C@H]2OC(=O)O)C(OC(=O)O)[C@@H]1OC(=O)O. The molecule has 434 valence electrons. The van der Waals surface area contributed by atoms with E-state index in [0.717, 1.165) is 36.6 Å². The second kappa shape index (κ2) is 26.6. The lowest BCUT2D eigenvalue weighted by atomic mass is 9.91. The number of benzene rings is 5. The third-order valence-electron chi connectivity index (χ3n) is 12.6. The van der Waals surface area contributed by atoms with E-state index in [1.807, 2.05) is 54.6 Å². The van der Waals surface area contributed by atoms with Gasteiger partial charge in [0.1, 0.15) is 48.7 Å². The van der Waals surface area contributed by atoms with E-state index in [1.54, 1.807) is 36.4 Å². The molecule has 8 rings (SSSR count). The standard InChI is InChI=1S/C55H52O27/c1-27-41(78-51(59)60)45(80-53(63)64)47(82-55(67)68)49(73-27)72-26-38-43(79-52(61)62)46(81-54(65)66)48(74-28(2)56)50(76-38)77-44-40(58)39-34(57)21-33(69-23-29-12-6-3-7-13-29)22-37(39)75-42(44)32-18-19-35(70-24-30-14-8-4-9-15-30)36(20-32)71-25-31-16-10-5-11-17-31/h3-22,27,38,41-50,57H,23-26H2,1-2H3,(H,59,60)(H,61,62)(H,63,64)(H,65,66)(H,67,68)/t27?,38-,41?,42?,43?,44?,45-,46+,47-,48?,49+,50+/m1/s1. The minimum atomic E-state index is -2.28. The lowest BCUT2D eigenvalue weighted by Gasteiger charge is -2.46. The molecule has 0 aromatic heterocycles. The van der Waals surface area contributed by atoms with E-state index in [1.165, 1.54) is 24.3 Å². The van der Waals surface area contributed by atoms with Crippen LogP contribution in [0.15, 0.2) is 121 Å². The first kappa shape index (κ1) is 58.6. The predicted molar refractivity (Wildman–Crippen MR) is 268 cm³/mol. The van der Waals surface area contributed by atoms with Crippen molar-refractivity contribution < 1.29 is 131 Å². The fourth-order valence-corrected chi connectivity index (χ4v) is 9.16. The van der Waals surface area contributed by atoms with E-state index in [4.69, 9.17) is 66.3 Å². The van der Waals surface area contributed by atoms with Crippen molar-refractivity contribution in [3.8, 4) is 28.7 Å². The normalized spacial score (nSPS) is 24.6. The Morgan fingerprint density at radius 2 is 1.01 bits per heavy atom. The first-order chi connectivity index (χ1) is 39.3. The summed E-state index contributed by atoms with van der Waals surface area (Å²) in [5, 5.41) is 60.3. The summed E-state index contributed by atoms with van der Waals surface area (Å²) in [6.45, 7) is 1.06. The lowest BCUT2D eigenvalue weighted by Crippen LogP contribution is -2.65. The molecule has 3 heterocycles. The molecule has 0 radical (unpaired) electrons. The Morgan fingerprint density at radius 1 is 0.524 bits per heavy atom. The molecular weight excluding hydrogens is 1090 g/mol. The second-order valence-corrected chi connectivity index (χ2v) is 18.2. The Labute approximate surface area is 463 Å². The van der Waals surface area contributed by atoms with Gasteiger partial charge < -0.3 is 97.0 Å². The first-order valence-corrected chi connectivity index (χ1v) is 24.8. The van der Waals surface area contributed by atoms with Crippen molar-refractivity contribution in [1.82, 2.24) is 0 Å². The number of ketones is 1. The van der Waals surface area contributed by atoms with E-state index in [2.05, 4.69) is 0 Å². The monoisotopic (exact) mass is 1140 g/mol. The molecule has 5 aromatic rings. The zero-order valence-corrected chi connectivity index (χ0v) is 43.1. The van der Waals surface area contributed by atoms with E-state index >= 15 is 4.79 Å². The van der Waals surface area contributed by atoms with Crippen molar-refractivity contribution in [2.45, 2.75) is 107 Å². The number of esters is 1. The van der Waals surface area contributed by atoms with Gasteiger partial charge in [-0.3, -0.25) is 9.59 Å². The number of aromatic hydroxyl groups is 1. The van der Waals surface area contributed by atoms with Gasteiger partial charge in [-0.15, -0.1) is 0 Å². The zero-order valence-electron chi connectivity index (χ0n) is 43.1. The number of carboxylic acid groups (broad SMARTS) is 5. The van der Waals surface area contributed by atoms with Crippen molar-refractivity contribution in [2.75, 3.05) is 6.61 Å². The molecule has 27 heteroatoms. The predicted octanol–water partition coefficient (Wildman–Crippen LogP) is 7.56. The van der Waals surface area contributed by atoms with Crippen molar-refractivity contribution in [2.24, 2.45) is 0 Å². The van der Waals surface area contributed by atoms with Crippen LogP contribution >= 0.6 is 0 Å². The number of hydrogen-bond donors (Lipinski definition) is 6. The molecule has 82 heavy (non-hydrogen) atoms. The van der Waals surface area contributed by atoms with Crippen LogP contribution in [0, 0.1) is 0 Å². The summed E-state index contributed by atoms with van der Waals surface area (Å²) in [6.07, 6.45) is -34.7.